The van der Waals surface area contributed by atoms with Gasteiger partial charge in [-0.3, -0.25) is 4.79 Å². The van der Waals surface area contributed by atoms with Crippen molar-refractivity contribution >= 4 is 15.9 Å². The summed E-state index contributed by atoms with van der Waals surface area (Å²) < 4.78 is 72.0. The van der Waals surface area contributed by atoms with Crippen molar-refractivity contribution in [2.45, 2.75) is 49.8 Å². The molecule has 6 rings (SSSR count). The lowest BCUT2D eigenvalue weighted by atomic mass is 9.56. The highest BCUT2D eigenvalue weighted by Crippen LogP contribution is 2.57. The highest BCUT2D eigenvalue weighted by atomic mass is 32.2. The Morgan fingerprint density at radius 3 is 2.31 bits per heavy atom. The molecule has 1 aromatic rings. The fraction of sp³-hybridized carbons (Fsp3) is 0.714. The van der Waals surface area contributed by atoms with Crippen LogP contribution in [0.2, 0.25) is 0 Å². The maximum atomic E-state index is 13.2. The molecular formula is C21H26F3N3O4S. The zero-order valence-electron chi connectivity index (χ0n) is 18.0. The van der Waals surface area contributed by atoms with Crippen LogP contribution < -0.4 is 0 Å². The second kappa shape index (κ2) is 6.89. The number of pyridine rings is 1. The molecule has 1 aromatic heterocycles. The van der Waals surface area contributed by atoms with Crippen LogP contribution in [0.25, 0.3) is 0 Å². The highest BCUT2D eigenvalue weighted by molar-refractivity contribution is 7.89. The minimum absolute atomic E-state index is 0.0270. The normalized spacial score (nSPS) is 35.0. The van der Waals surface area contributed by atoms with Crippen LogP contribution in [-0.4, -0.2) is 66.9 Å². The van der Waals surface area contributed by atoms with Crippen molar-refractivity contribution in [3.63, 3.8) is 0 Å². The Hall–Kier alpha value is -1.72. The molecule has 11 heteroatoms. The van der Waals surface area contributed by atoms with Gasteiger partial charge < -0.3 is 9.64 Å². The van der Waals surface area contributed by atoms with Gasteiger partial charge in [0.15, 0.2) is 0 Å². The zero-order chi connectivity index (χ0) is 23.1. The lowest BCUT2D eigenvalue weighted by Gasteiger charge is -2.58. The Labute approximate surface area is 185 Å². The summed E-state index contributed by atoms with van der Waals surface area (Å²) in [6.07, 6.45) is -2.42. The summed E-state index contributed by atoms with van der Waals surface area (Å²) >= 11 is 0. The van der Waals surface area contributed by atoms with Crippen LogP contribution in [-0.2, 0) is 25.7 Å². The number of aromatic nitrogens is 1. The first-order valence-electron chi connectivity index (χ1n) is 10.8. The van der Waals surface area contributed by atoms with E-state index in [9.17, 15) is 26.4 Å². The molecule has 1 amide bonds. The lowest BCUT2D eigenvalue weighted by molar-refractivity contribution is -0.220. The second-order valence-electron chi connectivity index (χ2n) is 10.0. The maximum absolute atomic E-state index is 13.2. The van der Waals surface area contributed by atoms with Crippen LogP contribution >= 0.6 is 0 Å². The summed E-state index contributed by atoms with van der Waals surface area (Å²) in [5, 5.41) is 0. The van der Waals surface area contributed by atoms with Gasteiger partial charge >= 0.3 is 6.18 Å². The molecule has 4 aliphatic heterocycles. The van der Waals surface area contributed by atoms with Gasteiger partial charge in [0.1, 0.15) is 10.6 Å². The van der Waals surface area contributed by atoms with E-state index in [-0.39, 0.29) is 52.4 Å². The number of fused-ring (bicyclic) bond motifs is 3. The largest absolute Gasteiger partial charge is 0.433 e. The van der Waals surface area contributed by atoms with Crippen LogP contribution in [0.3, 0.4) is 0 Å². The summed E-state index contributed by atoms with van der Waals surface area (Å²) in [7, 11) is -3.96. The Morgan fingerprint density at radius 2 is 1.78 bits per heavy atom. The first kappa shape index (κ1) is 22.1. The number of sulfonamides is 1. The van der Waals surface area contributed by atoms with Gasteiger partial charge in [0.25, 0.3) is 0 Å². The molecule has 0 spiro atoms. The number of alkyl halides is 3. The number of carbonyl (C=O) groups excluding carboxylic acids is 1. The number of ether oxygens (including phenoxy) is 1. The number of likely N-dealkylation sites (tertiary alicyclic amines) is 1. The van der Waals surface area contributed by atoms with Crippen molar-refractivity contribution in [3.8, 4) is 0 Å². The van der Waals surface area contributed by atoms with Crippen LogP contribution in [0.4, 0.5) is 13.2 Å². The molecular weight excluding hydrogens is 447 g/mol. The minimum Gasteiger partial charge on any atom is -0.375 e. The third-order valence-electron chi connectivity index (χ3n) is 7.60. The van der Waals surface area contributed by atoms with Gasteiger partial charge in [-0.15, -0.1) is 0 Å². The SMILES string of the molecule is Cc1nc(C(F)(F)F)ccc1S(=O)(=O)N1C[C@H]2CN(C(=O)C34CCOC(C)(C3)C4)C[C@@H]2C1. The summed E-state index contributed by atoms with van der Waals surface area (Å²) in [4.78, 5) is 18.4. The van der Waals surface area contributed by atoms with Crippen molar-refractivity contribution in [1.82, 2.24) is 14.2 Å². The van der Waals surface area contributed by atoms with E-state index in [1.54, 1.807) is 0 Å². The molecule has 32 heavy (non-hydrogen) atoms. The average Bonchev–Trinajstić information content (AvgIpc) is 3.25. The maximum Gasteiger partial charge on any atom is 0.433 e. The molecule has 2 atom stereocenters. The number of carbonyl (C=O) groups is 1. The van der Waals surface area contributed by atoms with Crippen molar-refractivity contribution in [1.29, 1.82) is 0 Å². The van der Waals surface area contributed by atoms with E-state index in [1.165, 1.54) is 11.2 Å². The standard InChI is InChI=1S/C21H26F3N3O4S/c1-13-16(3-4-17(25-13)21(22,23)24)32(29,30)27-9-14-7-26(8-15(14)10-27)18(28)20-5-6-31-19(2,11-20)12-20/h3-4,14-15H,5-12H2,1-2H3/t14-,15-,19?,20?/m1/s1. The minimum atomic E-state index is -4.63. The fourth-order valence-corrected chi connectivity index (χ4v) is 7.89. The Kier molecular flexibility index (Phi) is 4.76. The average molecular weight is 474 g/mol. The monoisotopic (exact) mass is 473 g/mol. The van der Waals surface area contributed by atoms with Gasteiger partial charge in [-0.2, -0.15) is 17.5 Å². The Bertz CT molecular complexity index is 1050. The van der Waals surface area contributed by atoms with Gasteiger partial charge in [-0.1, -0.05) is 0 Å². The van der Waals surface area contributed by atoms with E-state index in [2.05, 4.69) is 4.98 Å². The number of hydrogen-bond acceptors (Lipinski definition) is 5. The third-order valence-corrected chi connectivity index (χ3v) is 9.56. The topological polar surface area (TPSA) is 79.8 Å². The van der Waals surface area contributed by atoms with E-state index in [4.69, 9.17) is 4.74 Å². The molecule has 1 aliphatic carbocycles. The van der Waals surface area contributed by atoms with Gasteiger partial charge in [-0.25, -0.2) is 13.4 Å². The number of hydrogen-bond donors (Lipinski definition) is 0. The van der Waals surface area contributed by atoms with Gasteiger partial charge in [0.05, 0.1) is 16.7 Å². The second-order valence-corrected chi connectivity index (χ2v) is 11.9. The zero-order valence-corrected chi connectivity index (χ0v) is 18.8. The third kappa shape index (κ3) is 3.35. The van der Waals surface area contributed by atoms with Crippen LogP contribution in [0, 0.1) is 24.2 Å². The molecule has 5 aliphatic rings. The molecule has 4 saturated heterocycles. The summed E-state index contributed by atoms with van der Waals surface area (Å²) in [5.41, 5.74) is -1.80. The van der Waals surface area contributed by atoms with Crippen molar-refractivity contribution in [3.05, 3.63) is 23.5 Å². The predicted octanol–water partition coefficient (Wildman–Crippen LogP) is 2.45. The predicted molar refractivity (Wildman–Crippen MR) is 107 cm³/mol. The summed E-state index contributed by atoms with van der Waals surface area (Å²) in [5.74, 6) is 0.211. The van der Waals surface area contributed by atoms with Crippen molar-refractivity contribution < 1.29 is 31.1 Å². The lowest BCUT2D eigenvalue weighted by Crippen LogP contribution is -2.63. The molecule has 7 nitrogen and oxygen atoms in total. The first-order chi connectivity index (χ1) is 14.8. The molecule has 176 valence electrons. The molecule has 5 heterocycles. The smallest absolute Gasteiger partial charge is 0.375 e. The molecule has 0 radical (unpaired) electrons. The number of aryl methyl sites for hydroxylation is 1. The van der Waals surface area contributed by atoms with E-state index >= 15 is 0 Å². The van der Waals surface area contributed by atoms with E-state index < -0.39 is 21.9 Å². The van der Waals surface area contributed by atoms with Gasteiger partial charge in [0, 0.05) is 32.8 Å². The van der Waals surface area contributed by atoms with E-state index in [1.807, 2.05) is 11.8 Å². The Morgan fingerprint density at radius 1 is 1.16 bits per heavy atom. The van der Waals surface area contributed by atoms with Crippen LogP contribution in [0.15, 0.2) is 17.0 Å². The number of nitrogens with zero attached hydrogens (tertiary/aromatic N) is 3. The van der Waals surface area contributed by atoms with E-state index in [0.29, 0.717) is 25.8 Å². The Balaban J connectivity index is 1.27. The summed E-state index contributed by atoms with van der Waals surface area (Å²) in [6, 6.07) is 1.69. The number of rotatable bonds is 3. The fourth-order valence-electron chi connectivity index (χ4n) is 6.18. The van der Waals surface area contributed by atoms with Gasteiger partial charge in [-0.05, 0) is 57.1 Å². The highest BCUT2D eigenvalue weighted by Gasteiger charge is 2.62. The molecule has 5 fully saturated rings. The number of halogens is 3. The van der Waals surface area contributed by atoms with E-state index in [0.717, 1.165) is 25.3 Å². The molecule has 1 saturated carbocycles. The van der Waals surface area contributed by atoms with Crippen LogP contribution in [0.1, 0.15) is 37.6 Å². The first-order valence-corrected chi connectivity index (χ1v) is 12.3. The van der Waals surface area contributed by atoms with Crippen molar-refractivity contribution in [2.75, 3.05) is 32.8 Å². The summed E-state index contributed by atoms with van der Waals surface area (Å²) in [6.45, 7) is 5.44. The quantitative estimate of drug-likeness (QED) is 0.674. The van der Waals surface area contributed by atoms with Crippen LogP contribution in [0.5, 0.6) is 0 Å². The molecule has 0 aromatic carbocycles. The molecule has 2 bridgehead atoms. The van der Waals surface area contributed by atoms with Gasteiger partial charge in [0.2, 0.25) is 15.9 Å². The number of amides is 1. The molecule has 0 N–H and O–H groups in total. The molecule has 0 unspecified atom stereocenters. The van der Waals surface area contributed by atoms with Crippen molar-refractivity contribution in [2.24, 2.45) is 17.3 Å².